The van der Waals surface area contributed by atoms with Crippen LogP contribution >= 0.6 is 11.3 Å². The van der Waals surface area contributed by atoms with Crippen LogP contribution in [0.4, 0.5) is 23.2 Å². The van der Waals surface area contributed by atoms with Gasteiger partial charge in [0.25, 0.3) is 0 Å². The fourth-order valence-electron chi connectivity index (χ4n) is 1.29. The van der Waals surface area contributed by atoms with Gasteiger partial charge in [0.1, 0.15) is 5.82 Å². The molecule has 0 aliphatic carbocycles. The van der Waals surface area contributed by atoms with E-state index >= 15 is 0 Å². The van der Waals surface area contributed by atoms with Gasteiger partial charge in [-0.25, -0.2) is 9.37 Å². The second kappa shape index (κ2) is 3.99. The van der Waals surface area contributed by atoms with Crippen LogP contribution in [-0.2, 0) is 6.18 Å². The van der Waals surface area contributed by atoms with Crippen LogP contribution in [0.3, 0.4) is 0 Å². The zero-order valence-corrected chi connectivity index (χ0v) is 9.07. The lowest BCUT2D eigenvalue weighted by Gasteiger charge is -2.02. The van der Waals surface area contributed by atoms with Crippen molar-refractivity contribution in [2.75, 3.05) is 5.73 Å². The molecule has 0 saturated heterocycles. The van der Waals surface area contributed by atoms with Crippen molar-refractivity contribution >= 4 is 17.0 Å². The molecule has 2 aromatic rings. The fraction of sp³-hybridized carbons (Fsp3) is 0.100. The third kappa shape index (κ3) is 2.38. The number of benzene rings is 1. The van der Waals surface area contributed by atoms with Crippen LogP contribution in [0.5, 0.6) is 0 Å². The molecule has 2 nitrogen and oxygen atoms in total. The van der Waals surface area contributed by atoms with Crippen molar-refractivity contribution in [2.24, 2.45) is 0 Å². The van der Waals surface area contributed by atoms with Gasteiger partial charge in [0.2, 0.25) is 0 Å². The molecule has 90 valence electrons. The topological polar surface area (TPSA) is 38.9 Å². The molecular formula is C10H6F4N2S. The van der Waals surface area contributed by atoms with E-state index in [2.05, 4.69) is 4.98 Å². The average molecular weight is 262 g/mol. The Balaban J connectivity index is 2.44. The Morgan fingerprint density at radius 1 is 1.24 bits per heavy atom. The summed E-state index contributed by atoms with van der Waals surface area (Å²) in [5.74, 6) is -0.535. The monoisotopic (exact) mass is 262 g/mol. The normalized spacial score (nSPS) is 11.8. The average Bonchev–Trinajstić information content (AvgIpc) is 2.65. The lowest BCUT2D eigenvalue weighted by atomic mass is 10.1. The third-order valence-corrected chi connectivity index (χ3v) is 3.10. The van der Waals surface area contributed by atoms with Crippen LogP contribution in [-0.4, -0.2) is 4.98 Å². The number of nitrogen functional groups attached to an aromatic ring is 1. The number of thiazole rings is 1. The van der Waals surface area contributed by atoms with Crippen molar-refractivity contribution in [3.63, 3.8) is 0 Å². The van der Waals surface area contributed by atoms with Crippen LogP contribution in [0.15, 0.2) is 24.4 Å². The van der Waals surface area contributed by atoms with E-state index in [4.69, 9.17) is 5.73 Å². The van der Waals surface area contributed by atoms with Crippen molar-refractivity contribution < 1.29 is 17.6 Å². The molecule has 17 heavy (non-hydrogen) atoms. The van der Waals surface area contributed by atoms with Gasteiger partial charge >= 0.3 is 6.18 Å². The van der Waals surface area contributed by atoms with Crippen LogP contribution in [0.2, 0.25) is 0 Å². The number of nitrogens with two attached hydrogens (primary N) is 1. The molecule has 0 radical (unpaired) electrons. The molecule has 0 spiro atoms. The molecule has 0 aliphatic rings. The summed E-state index contributed by atoms with van der Waals surface area (Å²) in [6.07, 6.45) is -3.39. The van der Waals surface area contributed by atoms with E-state index < -0.39 is 17.0 Å². The van der Waals surface area contributed by atoms with Gasteiger partial charge in [0, 0.05) is 17.4 Å². The Hall–Kier alpha value is -1.63. The first kappa shape index (κ1) is 11.8. The minimum Gasteiger partial charge on any atom is -0.398 e. The van der Waals surface area contributed by atoms with E-state index in [-0.39, 0.29) is 10.6 Å². The highest BCUT2D eigenvalue weighted by atomic mass is 32.1. The van der Waals surface area contributed by atoms with Crippen LogP contribution in [0, 0.1) is 5.82 Å². The number of aromatic nitrogens is 1. The second-order valence-electron chi connectivity index (χ2n) is 3.26. The molecule has 7 heteroatoms. The number of nitrogens with zero attached hydrogens (tertiary/aromatic N) is 1. The highest BCUT2D eigenvalue weighted by molar-refractivity contribution is 7.15. The van der Waals surface area contributed by atoms with Gasteiger partial charge in [0.15, 0.2) is 5.01 Å². The Bertz CT molecular complexity index is 547. The zero-order chi connectivity index (χ0) is 12.6. The molecule has 0 unspecified atom stereocenters. The molecule has 2 N–H and O–H groups in total. The van der Waals surface area contributed by atoms with Crippen molar-refractivity contribution in [1.29, 1.82) is 0 Å². The lowest BCUT2D eigenvalue weighted by Crippen LogP contribution is -2.02. The van der Waals surface area contributed by atoms with Gasteiger partial charge in [-0.15, -0.1) is 11.3 Å². The molecular weight excluding hydrogens is 256 g/mol. The van der Waals surface area contributed by atoms with Gasteiger partial charge in [-0.1, -0.05) is 0 Å². The molecule has 0 bridgehead atoms. The molecule has 0 aliphatic heterocycles. The maximum absolute atomic E-state index is 12.8. The number of rotatable bonds is 1. The van der Waals surface area contributed by atoms with E-state index in [9.17, 15) is 17.6 Å². The maximum atomic E-state index is 12.8. The Morgan fingerprint density at radius 2 is 1.94 bits per heavy atom. The summed E-state index contributed by atoms with van der Waals surface area (Å²) in [7, 11) is 0. The van der Waals surface area contributed by atoms with Crippen LogP contribution in [0.25, 0.3) is 10.4 Å². The number of hydrogen-bond acceptors (Lipinski definition) is 3. The summed E-state index contributed by atoms with van der Waals surface area (Å²) in [5.41, 5.74) is 5.96. The lowest BCUT2D eigenvalue weighted by molar-refractivity contribution is -0.137. The molecule has 1 aromatic carbocycles. The predicted octanol–water partition coefficient (Wildman–Crippen LogP) is 3.55. The predicted molar refractivity (Wildman–Crippen MR) is 56.9 cm³/mol. The zero-order valence-electron chi connectivity index (χ0n) is 8.25. The standard InChI is InChI=1S/C10H6F4N2S/c11-5-1-2-6(7(15)3-5)8-4-16-9(17-8)10(12,13)14/h1-4H,15H2. The number of alkyl halides is 3. The van der Waals surface area contributed by atoms with Gasteiger partial charge < -0.3 is 5.73 Å². The largest absolute Gasteiger partial charge is 0.443 e. The quantitative estimate of drug-likeness (QED) is 0.630. The molecule has 1 heterocycles. The van der Waals surface area contributed by atoms with Gasteiger partial charge in [-0.3, -0.25) is 0 Å². The third-order valence-electron chi connectivity index (χ3n) is 2.03. The maximum Gasteiger partial charge on any atom is 0.443 e. The van der Waals surface area contributed by atoms with Gasteiger partial charge in [-0.2, -0.15) is 13.2 Å². The minimum absolute atomic E-state index is 0.0855. The van der Waals surface area contributed by atoms with Crippen molar-refractivity contribution in [3.05, 3.63) is 35.2 Å². The molecule has 0 fully saturated rings. The van der Waals surface area contributed by atoms with E-state index in [1.54, 1.807) is 0 Å². The second-order valence-corrected chi connectivity index (χ2v) is 4.29. The Labute approximate surface area is 97.7 Å². The highest BCUT2D eigenvalue weighted by Gasteiger charge is 2.34. The first-order valence-electron chi connectivity index (χ1n) is 4.46. The number of anilines is 1. The number of halogens is 4. The molecule has 0 atom stereocenters. The summed E-state index contributed by atoms with van der Waals surface area (Å²) < 4.78 is 49.8. The minimum atomic E-state index is -4.47. The summed E-state index contributed by atoms with van der Waals surface area (Å²) in [6.45, 7) is 0. The summed E-state index contributed by atoms with van der Waals surface area (Å²) in [6, 6.07) is 3.53. The van der Waals surface area contributed by atoms with Gasteiger partial charge in [-0.05, 0) is 18.2 Å². The smallest absolute Gasteiger partial charge is 0.398 e. The Kier molecular flexibility index (Phi) is 2.78. The Morgan fingerprint density at radius 3 is 2.47 bits per heavy atom. The molecule has 2 rings (SSSR count). The number of hydrogen-bond donors (Lipinski definition) is 1. The van der Waals surface area contributed by atoms with Crippen LogP contribution < -0.4 is 5.73 Å². The molecule has 0 amide bonds. The molecule has 1 aromatic heterocycles. The van der Waals surface area contributed by atoms with E-state index in [0.29, 0.717) is 16.9 Å². The van der Waals surface area contributed by atoms with Crippen molar-refractivity contribution in [2.45, 2.75) is 6.18 Å². The first-order valence-corrected chi connectivity index (χ1v) is 5.28. The SMILES string of the molecule is Nc1cc(F)ccc1-c1cnc(C(F)(F)F)s1. The van der Waals surface area contributed by atoms with Gasteiger partial charge in [0.05, 0.1) is 4.88 Å². The fourth-order valence-corrected chi connectivity index (χ4v) is 2.12. The van der Waals surface area contributed by atoms with E-state index in [1.807, 2.05) is 0 Å². The summed E-state index contributed by atoms with van der Waals surface area (Å²) in [4.78, 5) is 3.53. The first-order chi connectivity index (χ1) is 7.88. The van der Waals surface area contributed by atoms with Crippen LogP contribution in [0.1, 0.15) is 5.01 Å². The van der Waals surface area contributed by atoms with Crippen molar-refractivity contribution in [1.82, 2.24) is 4.98 Å². The molecule has 0 saturated carbocycles. The van der Waals surface area contributed by atoms with Crippen molar-refractivity contribution in [3.8, 4) is 10.4 Å². The van der Waals surface area contributed by atoms with E-state index in [1.165, 1.54) is 6.07 Å². The summed E-state index contributed by atoms with van der Waals surface area (Å²) >= 11 is 0.474. The summed E-state index contributed by atoms with van der Waals surface area (Å²) in [5, 5.41) is -0.948. The van der Waals surface area contributed by atoms with E-state index in [0.717, 1.165) is 18.3 Å². The highest BCUT2D eigenvalue weighted by Crippen LogP contribution is 2.37.